The molecule has 1 heterocycles. The first-order chi connectivity index (χ1) is 12.7. The molecule has 4 nitrogen and oxygen atoms in total. The van der Waals surface area contributed by atoms with E-state index in [2.05, 4.69) is 28.9 Å². The average Bonchev–Trinajstić information content (AvgIpc) is 2.63. The summed E-state index contributed by atoms with van der Waals surface area (Å²) in [6, 6.07) is 8.19. The summed E-state index contributed by atoms with van der Waals surface area (Å²) in [4.78, 5) is 5.48. The molecule has 0 spiro atoms. The van der Waals surface area contributed by atoms with Gasteiger partial charge in [-0.2, -0.15) is 0 Å². The monoisotopic (exact) mass is 361 g/mol. The number of piperidine rings is 1. The SMILES string of the molecule is CCCCCCCc1ccccc1[NH+]=C(O)O[C@@H](C)CN1CCCCC1. The minimum Gasteiger partial charge on any atom is -0.430 e. The van der Waals surface area contributed by atoms with Crippen LogP contribution in [0.3, 0.4) is 0 Å². The van der Waals surface area contributed by atoms with Gasteiger partial charge in [-0.05, 0) is 45.7 Å². The molecule has 0 radical (unpaired) electrons. The van der Waals surface area contributed by atoms with E-state index in [0.717, 1.165) is 31.7 Å². The van der Waals surface area contributed by atoms with Crippen molar-refractivity contribution >= 4 is 11.8 Å². The minimum absolute atomic E-state index is 0.0261. The highest BCUT2D eigenvalue weighted by Gasteiger charge is 2.18. The number of aryl methyl sites for hydroxylation is 1. The summed E-state index contributed by atoms with van der Waals surface area (Å²) in [7, 11) is 0. The van der Waals surface area contributed by atoms with Crippen molar-refractivity contribution in [2.45, 2.75) is 77.7 Å². The van der Waals surface area contributed by atoms with Gasteiger partial charge in [0.1, 0.15) is 6.10 Å². The lowest BCUT2D eigenvalue weighted by Crippen LogP contribution is -2.68. The zero-order valence-electron chi connectivity index (χ0n) is 16.7. The lowest BCUT2D eigenvalue weighted by molar-refractivity contribution is -0.384. The molecule has 0 bridgehead atoms. The first-order valence-electron chi connectivity index (χ1n) is 10.5. The summed E-state index contributed by atoms with van der Waals surface area (Å²) in [6.07, 6.45) is 11.1. The molecule has 2 N–H and O–H groups in total. The van der Waals surface area contributed by atoms with Gasteiger partial charge in [-0.1, -0.05) is 57.2 Å². The zero-order chi connectivity index (χ0) is 18.6. The fourth-order valence-corrected chi connectivity index (χ4v) is 3.66. The minimum atomic E-state index is -0.0899. The fourth-order valence-electron chi connectivity index (χ4n) is 3.66. The second-order valence-electron chi connectivity index (χ2n) is 7.54. The highest BCUT2D eigenvalue weighted by atomic mass is 16.6. The number of likely N-dealkylation sites (tertiary alicyclic amines) is 1. The molecule has 2 rings (SSSR count). The van der Waals surface area contributed by atoms with Crippen molar-refractivity contribution in [3.05, 3.63) is 29.8 Å². The molecule has 1 saturated heterocycles. The Morgan fingerprint density at radius 1 is 1.12 bits per heavy atom. The summed E-state index contributed by atoms with van der Waals surface area (Å²) in [5.41, 5.74) is 2.19. The van der Waals surface area contributed by atoms with Crippen LogP contribution in [0.25, 0.3) is 0 Å². The predicted octanol–water partition coefficient (Wildman–Crippen LogP) is 3.72. The van der Waals surface area contributed by atoms with Gasteiger partial charge >= 0.3 is 6.08 Å². The molecule has 1 aromatic rings. The number of unbranched alkanes of at least 4 members (excludes halogenated alkanes) is 4. The number of hydrogen-bond donors (Lipinski definition) is 2. The number of para-hydroxylation sites is 1. The second kappa shape index (κ2) is 11.9. The van der Waals surface area contributed by atoms with Crippen LogP contribution in [0.2, 0.25) is 0 Å². The van der Waals surface area contributed by atoms with Crippen LogP contribution >= 0.6 is 0 Å². The number of nitrogens with one attached hydrogen (secondary N) is 1. The van der Waals surface area contributed by atoms with Crippen molar-refractivity contribution in [2.75, 3.05) is 19.6 Å². The molecule has 0 unspecified atom stereocenters. The summed E-state index contributed by atoms with van der Waals surface area (Å²) < 4.78 is 5.69. The van der Waals surface area contributed by atoms with Crippen molar-refractivity contribution in [3.63, 3.8) is 0 Å². The van der Waals surface area contributed by atoms with E-state index < -0.39 is 0 Å². The number of ether oxygens (including phenoxy) is 1. The smallest absolute Gasteiger partial charge is 0.430 e. The van der Waals surface area contributed by atoms with E-state index in [1.807, 2.05) is 19.1 Å². The van der Waals surface area contributed by atoms with E-state index in [9.17, 15) is 5.11 Å². The van der Waals surface area contributed by atoms with Gasteiger partial charge in [-0.3, -0.25) is 4.90 Å². The summed E-state index contributed by atoms with van der Waals surface area (Å²) in [6.45, 7) is 7.41. The van der Waals surface area contributed by atoms with Crippen LogP contribution in [-0.2, 0) is 11.2 Å². The molecule has 0 saturated carbocycles. The van der Waals surface area contributed by atoms with Crippen LogP contribution in [0.5, 0.6) is 0 Å². The van der Waals surface area contributed by atoms with Gasteiger partial charge in [0.25, 0.3) is 0 Å². The lowest BCUT2D eigenvalue weighted by atomic mass is 10.0. The Morgan fingerprint density at radius 2 is 1.85 bits per heavy atom. The molecule has 1 aliphatic heterocycles. The Morgan fingerprint density at radius 3 is 2.62 bits per heavy atom. The van der Waals surface area contributed by atoms with Crippen molar-refractivity contribution in [1.82, 2.24) is 4.90 Å². The topological polar surface area (TPSA) is 46.7 Å². The molecule has 1 atom stereocenters. The van der Waals surface area contributed by atoms with E-state index in [1.165, 1.54) is 56.9 Å². The molecule has 1 aliphatic rings. The third-order valence-corrected chi connectivity index (χ3v) is 5.09. The Kier molecular flexibility index (Phi) is 9.54. The highest BCUT2D eigenvalue weighted by molar-refractivity contribution is 5.59. The maximum atomic E-state index is 10.2. The lowest BCUT2D eigenvalue weighted by Gasteiger charge is -2.28. The molecule has 0 amide bonds. The number of hydrogen-bond acceptors (Lipinski definition) is 2. The Labute approximate surface area is 159 Å². The molecule has 4 heteroatoms. The van der Waals surface area contributed by atoms with E-state index in [4.69, 9.17) is 4.74 Å². The van der Waals surface area contributed by atoms with Crippen LogP contribution in [0.15, 0.2) is 24.3 Å². The maximum Gasteiger partial charge on any atom is 0.551 e. The summed E-state index contributed by atoms with van der Waals surface area (Å²) >= 11 is 0. The van der Waals surface area contributed by atoms with Crippen LogP contribution in [-0.4, -0.2) is 41.8 Å². The first kappa shape index (κ1) is 20.8. The van der Waals surface area contributed by atoms with Crippen LogP contribution in [0.1, 0.15) is 70.8 Å². The van der Waals surface area contributed by atoms with Gasteiger partial charge in [0.2, 0.25) is 5.69 Å². The molecular formula is C22H37N2O2+. The van der Waals surface area contributed by atoms with E-state index in [-0.39, 0.29) is 12.2 Å². The van der Waals surface area contributed by atoms with Crippen LogP contribution in [0, 0.1) is 0 Å². The molecule has 0 aliphatic carbocycles. The van der Waals surface area contributed by atoms with Gasteiger partial charge in [-0.15, -0.1) is 4.99 Å². The van der Waals surface area contributed by atoms with Crippen molar-refractivity contribution in [1.29, 1.82) is 0 Å². The first-order valence-corrected chi connectivity index (χ1v) is 10.5. The average molecular weight is 362 g/mol. The number of aliphatic hydroxyl groups excluding tert-OH is 1. The molecule has 1 aromatic carbocycles. The van der Waals surface area contributed by atoms with E-state index >= 15 is 0 Å². The van der Waals surface area contributed by atoms with Gasteiger partial charge < -0.3 is 9.84 Å². The molecule has 146 valence electrons. The number of nitrogens with zero attached hydrogens (tertiary/aromatic N) is 1. The standard InChI is InChI=1S/C22H36N2O2/c1-3-4-5-6-8-13-20-14-9-10-15-21(20)23-22(25)26-19(2)18-24-16-11-7-12-17-24/h9-10,14-15,19H,3-8,11-13,16-18H2,1-2H3,(H,23,25)/p+1/t19-/m0/s1. The third kappa shape index (κ3) is 7.77. The number of aliphatic hydroxyl groups is 1. The molecule has 1 fully saturated rings. The quantitative estimate of drug-likeness (QED) is 0.379. The van der Waals surface area contributed by atoms with Gasteiger partial charge in [0.05, 0.1) is 0 Å². The van der Waals surface area contributed by atoms with Crippen molar-refractivity contribution in [3.8, 4) is 0 Å². The van der Waals surface area contributed by atoms with Crippen LogP contribution < -0.4 is 4.99 Å². The van der Waals surface area contributed by atoms with Gasteiger partial charge in [-0.25, -0.2) is 0 Å². The normalized spacial score (nSPS) is 17.2. The molecule has 26 heavy (non-hydrogen) atoms. The summed E-state index contributed by atoms with van der Waals surface area (Å²) in [5.74, 6) is 0. The summed E-state index contributed by atoms with van der Waals surface area (Å²) in [5, 5.41) is 10.2. The van der Waals surface area contributed by atoms with Crippen LogP contribution in [0.4, 0.5) is 5.69 Å². The highest BCUT2D eigenvalue weighted by Crippen LogP contribution is 2.14. The predicted molar refractivity (Wildman–Crippen MR) is 108 cm³/mol. The Bertz CT molecular complexity index is 539. The van der Waals surface area contributed by atoms with Crippen molar-refractivity contribution in [2.24, 2.45) is 0 Å². The number of rotatable bonds is 10. The van der Waals surface area contributed by atoms with Gasteiger partial charge in [0.15, 0.2) is 0 Å². The fraction of sp³-hybridized carbons (Fsp3) is 0.682. The van der Waals surface area contributed by atoms with Crippen molar-refractivity contribution < 1.29 is 14.8 Å². The second-order valence-corrected chi connectivity index (χ2v) is 7.54. The van der Waals surface area contributed by atoms with Gasteiger partial charge in [0, 0.05) is 18.2 Å². The zero-order valence-corrected chi connectivity index (χ0v) is 16.7. The number of benzene rings is 1. The van der Waals surface area contributed by atoms with E-state index in [1.54, 1.807) is 0 Å². The third-order valence-electron chi connectivity index (χ3n) is 5.09. The molecular weight excluding hydrogens is 324 g/mol. The van der Waals surface area contributed by atoms with E-state index in [0.29, 0.717) is 0 Å². The largest absolute Gasteiger partial charge is 0.551 e. The Balaban J connectivity index is 1.84. The Hall–Kier alpha value is -1.55. The molecule has 0 aromatic heterocycles. The maximum absolute atomic E-state index is 10.2.